The number of thiocarbonyl (C=S) groups is 1. The molecule has 0 spiro atoms. The number of quaternary nitrogens is 1. The predicted octanol–water partition coefficient (Wildman–Crippen LogP) is 0.968. The zero-order valence-electron chi connectivity index (χ0n) is 13.0. The van der Waals surface area contributed by atoms with Crippen LogP contribution in [0, 0.1) is 0 Å². The summed E-state index contributed by atoms with van der Waals surface area (Å²) in [5.74, 6) is -0.270. The van der Waals surface area contributed by atoms with E-state index >= 15 is 0 Å². The third-order valence-electron chi connectivity index (χ3n) is 3.47. The van der Waals surface area contributed by atoms with E-state index in [1.54, 1.807) is 17.4 Å². The Morgan fingerprint density at radius 2 is 2.36 bits per heavy atom. The monoisotopic (exact) mass is 340 g/mol. The van der Waals surface area contributed by atoms with Crippen molar-refractivity contribution in [2.45, 2.75) is 19.9 Å². The minimum absolute atomic E-state index is 0.270. The molecule has 0 aromatic carbocycles. The highest BCUT2D eigenvalue weighted by Gasteiger charge is 2.29. The SMILES string of the molecule is C=CCNC(=S)Nc1sc2c(c1C(=O)OCC)CC[NH+](C)C2. The third kappa shape index (κ3) is 3.85. The summed E-state index contributed by atoms with van der Waals surface area (Å²) >= 11 is 6.85. The molecule has 1 aliphatic heterocycles. The Bertz CT molecular complexity index is 584. The lowest BCUT2D eigenvalue weighted by molar-refractivity contribution is -0.895. The first-order valence-electron chi connectivity index (χ1n) is 7.35. The Morgan fingerprint density at radius 1 is 1.59 bits per heavy atom. The van der Waals surface area contributed by atoms with E-state index < -0.39 is 0 Å². The number of nitrogens with one attached hydrogen (secondary N) is 3. The topological polar surface area (TPSA) is 54.8 Å². The molecular formula is C15H22N3O2S2+. The van der Waals surface area contributed by atoms with Crippen LogP contribution in [0.3, 0.4) is 0 Å². The first kappa shape index (κ1) is 16.9. The number of thiophene rings is 1. The number of anilines is 1. The zero-order valence-corrected chi connectivity index (χ0v) is 14.6. The molecule has 0 bridgehead atoms. The summed E-state index contributed by atoms with van der Waals surface area (Å²) in [7, 11) is 2.16. The van der Waals surface area contributed by atoms with Crippen LogP contribution in [0.25, 0.3) is 0 Å². The molecule has 22 heavy (non-hydrogen) atoms. The summed E-state index contributed by atoms with van der Waals surface area (Å²) in [6, 6.07) is 0. The second kappa shape index (κ2) is 7.71. The van der Waals surface area contributed by atoms with Crippen molar-refractivity contribution in [3.05, 3.63) is 28.7 Å². The van der Waals surface area contributed by atoms with Gasteiger partial charge in [0.25, 0.3) is 0 Å². The number of fused-ring (bicyclic) bond motifs is 1. The van der Waals surface area contributed by atoms with E-state index in [-0.39, 0.29) is 5.97 Å². The molecule has 0 fully saturated rings. The fraction of sp³-hybridized carbons (Fsp3) is 0.467. The van der Waals surface area contributed by atoms with Gasteiger partial charge in [-0.15, -0.1) is 17.9 Å². The number of carbonyl (C=O) groups is 1. The Kier molecular flexibility index (Phi) is 5.93. The fourth-order valence-electron chi connectivity index (χ4n) is 2.44. The molecule has 0 aliphatic carbocycles. The molecule has 3 N–H and O–H groups in total. The lowest BCUT2D eigenvalue weighted by Crippen LogP contribution is -3.08. The first-order chi connectivity index (χ1) is 10.6. The second-order valence-corrected chi connectivity index (χ2v) is 6.70. The molecule has 0 radical (unpaired) electrons. The maximum atomic E-state index is 12.3. The Labute approximate surface area is 140 Å². The van der Waals surface area contributed by atoms with Crippen LogP contribution in [0.15, 0.2) is 12.7 Å². The van der Waals surface area contributed by atoms with Gasteiger partial charge in [0.2, 0.25) is 0 Å². The van der Waals surface area contributed by atoms with E-state index in [2.05, 4.69) is 24.3 Å². The van der Waals surface area contributed by atoms with Crippen LogP contribution in [0.1, 0.15) is 27.7 Å². The average Bonchev–Trinajstić information content (AvgIpc) is 2.82. The van der Waals surface area contributed by atoms with Crippen molar-refractivity contribution in [1.82, 2.24) is 5.32 Å². The first-order valence-corrected chi connectivity index (χ1v) is 8.58. The van der Waals surface area contributed by atoms with E-state index in [1.807, 2.05) is 6.92 Å². The van der Waals surface area contributed by atoms with Gasteiger partial charge < -0.3 is 20.3 Å². The quantitative estimate of drug-likeness (QED) is 0.424. The summed E-state index contributed by atoms with van der Waals surface area (Å²) in [5, 5.41) is 7.43. The molecule has 7 heteroatoms. The van der Waals surface area contributed by atoms with E-state index in [0.29, 0.717) is 23.8 Å². The lowest BCUT2D eigenvalue weighted by Gasteiger charge is -2.19. The molecule has 0 amide bonds. The molecule has 5 nitrogen and oxygen atoms in total. The van der Waals surface area contributed by atoms with Crippen LogP contribution >= 0.6 is 23.6 Å². The molecule has 2 heterocycles. The smallest absolute Gasteiger partial charge is 0.341 e. The molecule has 0 saturated heterocycles. The molecule has 1 aliphatic rings. The number of hydrogen-bond donors (Lipinski definition) is 3. The van der Waals surface area contributed by atoms with Gasteiger partial charge in [0.15, 0.2) is 5.11 Å². The zero-order chi connectivity index (χ0) is 16.1. The van der Waals surface area contributed by atoms with E-state index in [4.69, 9.17) is 17.0 Å². The van der Waals surface area contributed by atoms with Crippen LogP contribution < -0.4 is 15.5 Å². The molecule has 2 rings (SSSR count). The number of hydrogen-bond acceptors (Lipinski definition) is 4. The van der Waals surface area contributed by atoms with Crippen molar-refractivity contribution in [2.75, 3.05) is 32.1 Å². The van der Waals surface area contributed by atoms with Gasteiger partial charge in [-0.1, -0.05) is 6.08 Å². The number of rotatable bonds is 5. The highest BCUT2D eigenvalue weighted by Crippen LogP contribution is 2.35. The normalized spacial score (nSPS) is 16.5. The highest BCUT2D eigenvalue weighted by molar-refractivity contribution is 7.80. The molecule has 0 saturated carbocycles. The van der Waals surface area contributed by atoms with Gasteiger partial charge in [-0.3, -0.25) is 0 Å². The van der Waals surface area contributed by atoms with Gasteiger partial charge in [-0.25, -0.2) is 4.79 Å². The predicted molar refractivity (Wildman–Crippen MR) is 93.9 cm³/mol. The summed E-state index contributed by atoms with van der Waals surface area (Å²) in [6.07, 6.45) is 2.62. The van der Waals surface area contributed by atoms with Crippen LogP contribution in [-0.2, 0) is 17.7 Å². The van der Waals surface area contributed by atoms with Crippen LogP contribution in [0.5, 0.6) is 0 Å². The molecule has 1 aromatic rings. The van der Waals surface area contributed by atoms with Crippen molar-refractivity contribution in [3.63, 3.8) is 0 Å². The standard InChI is InChI=1S/C15H21N3O2S2/c1-4-7-16-15(21)17-13-12(14(19)20-5-2)10-6-8-18(3)9-11(10)22-13/h4H,1,5-9H2,2-3H3,(H2,16,17,21)/p+1. The van der Waals surface area contributed by atoms with Crippen LogP contribution in [0.4, 0.5) is 5.00 Å². The maximum absolute atomic E-state index is 12.3. The Balaban J connectivity index is 2.29. The highest BCUT2D eigenvalue weighted by atomic mass is 32.1. The van der Waals surface area contributed by atoms with Crippen molar-refractivity contribution in [2.24, 2.45) is 0 Å². The van der Waals surface area contributed by atoms with Gasteiger partial charge >= 0.3 is 5.97 Å². The molecule has 1 unspecified atom stereocenters. The number of ether oxygens (including phenoxy) is 1. The minimum atomic E-state index is -0.270. The van der Waals surface area contributed by atoms with Crippen LogP contribution in [-0.4, -0.2) is 37.8 Å². The Hall–Kier alpha value is -1.44. The fourth-order valence-corrected chi connectivity index (χ4v) is 4.04. The van der Waals surface area contributed by atoms with Crippen molar-refractivity contribution in [3.8, 4) is 0 Å². The molecular weight excluding hydrogens is 318 g/mol. The lowest BCUT2D eigenvalue weighted by atomic mass is 10.0. The van der Waals surface area contributed by atoms with Crippen molar-refractivity contribution >= 4 is 39.6 Å². The summed E-state index contributed by atoms with van der Waals surface area (Å²) in [6.45, 7) is 8.37. The summed E-state index contributed by atoms with van der Waals surface area (Å²) in [4.78, 5) is 15.0. The largest absolute Gasteiger partial charge is 0.462 e. The van der Waals surface area contributed by atoms with E-state index in [0.717, 1.165) is 30.1 Å². The average molecular weight is 340 g/mol. The third-order valence-corrected chi connectivity index (χ3v) is 4.86. The maximum Gasteiger partial charge on any atom is 0.341 e. The van der Waals surface area contributed by atoms with Crippen molar-refractivity contribution < 1.29 is 14.4 Å². The van der Waals surface area contributed by atoms with Gasteiger partial charge in [-0.05, 0) is 24.7 Å². The second-order valence-electron chi connectivity index (χ2n) is 5.19. The van der Waals surface area contributed by atoms with Gasteiger partial charge in [0, 0.05) is 13.0 Å². The molecule has 120 valence electrons. The minimum Gasteiger partial charge on any atom is -0.462 e. The number of carbonyl (C=O) groups excluding carboxylic acids is 1. The molecule has 1 atom stereocenters. The number of likely N-dealkylation sites (N-methyl/N-ethyl adjacent to an activating group) is 1. The van der Waals surface area contributed by atoms with Gasteiger partial charge in [-0.2, -0.15) is 0 Å². The van der Waals surface area contributed by atoms with Crippen molar-refractivity contribution in [1.29, 1.82) is 0 Å². The van der Waals surface area contributed by atoms with Gasteiger partial charge in [0.1, 0.15) is 11.5 Å². The van der Waals surface area contributed by atoms with E-state index in [9.17, 15) is 4.79 Å². The van der Waals surface area contributed by atoms with Gasteiger partial charge in [0.05, 0.1) is 30.6 Å². The summed E-state index contributed by atoms with van der Waals surface area (Å²) < 4.78 is 5.22. The Morgan fingerprint density at radius 3 is 3.05 bits per heavy atom. The van der Waals surface area contributed by atoms with Crippen LogP contribution in [0.2, 0.25) is 0 Å². The van der Waals surface area contributed by atoms with E-state index in [1.165, 1.54) is 9.78 Å². The molecule has 1 aromatic heterocycles. The summed E-state index contributed by atoms with van der Waals surface area (Å²) in [5.41, 5.74) is 1.76. The number of esters is 1.